The number of carboxylic acids is 1. The van der Waals surface area contributed by atoms with E-state index in [1.807, 2.05) is 97.1 Å². The molecule has 0 aliphatic carbocycles. The molecule has 1 saturated heterocycles. The summed E-state index contributed by atoms with van der Waals surface area (Å²) in [4.78, 5) is 12.6. The average Bonchev–Trinajstić information content (AvgIpc) is 2.85. The molecule has 4 aromatic carbocycles. The number of hydrogen-bond donors (Lipinski definition) is 1. The third-order valence-corrected chi connectivity index (χ3v) is 6.12. The van der Waals surface area contributed by atoms with Crippen LogP contribution >= 0.6 is 0 Å². The van der Waals surface area contributed by atoms with Crippen LogP contribution in [0, 0.1) is 0 Å². The molecule has 0 bridgehead atoms. The lowest BCUT2D eigenvalue weighted by Gasteiger charge is -2.45. The number of benzene rings is 4. The summed E-state index contributed by atoms with van der Waals surface area (Å²) in [6.07, 6.45) is 0. The molecule has 4 aromatic rings. The van der Waals surface area contributed by atoms with Crippen LogP contribution in [-0.4, -0.2) is 24.3 Å². The predicted molar refractivity (Wildman–Crippen MR) is 119 cm³/mol. The van der Waals surface area contributed by atoms with Gasteiger partial charge in [-0.25, -0.2) is 4.79 Å². The first-order valence-electron chi connectivity index (χ1n) is 10.3. The van der Waals surface area contributed by atoms with Gasteiger partial charge in [0.05, 0.1) is 18.6 Å². The molecule has 0 saturated carbocycles. The molecule has 4 nitrogen and oxygen atoms in total. The van der Waals surface area contributed by atoms with Crippen molar-refractivity contribution < 1.29 is 19.4 Å². The standard InChI is InChI=1S/C27H22O4/c28-25(29)27(24-17-9-11-20-10-7-8-16-23(20)24)30-18-26(19-31-27,21-12-3-1-4-13-21)22-14-5-2-6-15-22/h1-17H,18-19H2,(H,28,29). The van der Waals surface area contributed by atoms with E-state index in [0.717, 1.165) is 21.9 Å². The molecule has 0 amide bonds. The van der Waals surface area contributed by atoms with E-state index in [1.165, 1.54) is 0 Å². The summed E-state index contributed by atoms with van der Waals surface area (Å²) in [5, 5.41) is 12.0. The first-order chi connectivity index (χ1) is 15.2. The van der Waals surface area contributed by atoms with Gasteiger partial charge >= 0.3 is 5.97 Å². The summed E-state index contributed by atoms with van der Waals surface area (Å²) in [5.41, 5.74) is 1.95. The number of carboxylic acid groups (broad SMARTS) is 1. The van der Waals surface area contributed by atoms with Crippen molar-refractivity contribution in [2.45, 2.75) is 11.2 Å². The van der Waals surface area contributed by atoms with Crippen molar-refractivity contribution >= 4 is 16.7 Å². The molecule has 0 atom stereocenters. The van der Waals surface area contributed by atoms with E-state index in [2.05, 4.69) is 0 Å². The Bertz CT molecular complexity index is 1160. The zero-order valence-electron chi connectivity index (χ0n) is 16.9. The van der Waals surface area contributed by atoms with Gasteiger partial charge in [0.15, 0.2) is 0 Å². The molecule has 0 spiro atoms. The second-order valence-corrected chi connectivity index (χ2v) is 7.84. The Hall–Kier alpha value is -3.47. The quantitative estimate of drug-likeness (QED) is 0.508. The van der Waals surface area contributed by atoms with Gasteiger partial charge in [-0.15, -0.1) is 0 Å². The van der Waals surface area contributed by atoms with Crippen molar-refractivity contribution in [2.75, 3.05) is 13.2 Å². The fraction of sp³-hybridized carbons (Fsp3) is 0.148. The van der Waals surface area contributed by atoms with E-state index in [9.17, 15) is 9.90 Å². The van der Waals surface area contributed by atoms with Crippen molar-refractivity contribution in [3.05, 3.63) is 120 Å². The van der Waals surface area contributed by atoms with Crippen LogP contribution in [0.2, 0.25) is 0 Å². The highest BCUT2D eigenvalue weighted by atomic mass is 16.7. The average molecular weight is 410 g/mol. The van der Waals surface area contributed by atoms with Crippen molar-refractivity contribution in [3.8, 4) is 0 Å². The first kappa shape index (κ1) is 19.5. The van der Waals surface area contributed by atoms with Gasteiger partial charge in [-0.3, -0.25) is 0 Å². The number of ether oxygens (including phenoxy) is 2. The number of rotatable bonds is 4. The molecule has 1 aliphatic rings. The second-order valence-electron chi connectivity index (χ2n) is 7.84. The second kappa shape index (κ2) is 7.65. The minimum Gasteiger partial charge on any atom is -0.477 e. The van der Waals surface area contributed by atoms with Crippen LogP contribution in [0.5, 0.6) is 0 Å². The van der Waals surface area contributed by atoms with Gasteiger partial charge in [-0.2, -0.15) is 0 Å². The maximum atomic E-state index is 12.6. The molecule has 31 heavy (non-hydrogen) atoms. The Kier molecular flexibility index (Phi) is 4.81. The smallest absolute Gasteiger partial charge is 0.369 e. The summed E-state index contributed by atoms with van der Waals surface area (Å²) in [6.45, 7) is 0.354. The van der Waals surface area contributed by atoms with Gasteiger partial charge in [0.2, 0.25) is 0 Å². The molecular weight excluding hydrogens is 388 g/mol. The van der Waals surface area contributed by atoms with Crippen LogP contribution < -0.4 is 0 Å². The topological polar surface area (TPSA) is 55.8 Å². The van der Waals surface area contributed by atoms with E-state index < -0.39 is 17.2 Å². The Morgan fingerprint density at radius 2 is 1.19 bits per heavy atom. The zero-order valence-corrected chi connectivity index (χ0v) is 16.9. The SMILES string of the molecule is O=C(O)C1(c2cccc3ccccc23)OCC(c2ccccc2)(c2ccccc2)CO1. The van der Waals surface area contributed by atoms with E-state index in [4.69, 9.17) is 9.47 Å². The molecule has 5 rings (SSSR count). The predicted octanol–water partition coefficient (Wildman–Crippen LogP) is 5.11. The van der Waals surface area contributed by atoms with E-state index in [1.54, 1.807) is 6.07 Å². The van der Waals surface area contributed by atoms with Crippen LogP contribution in [0.4, 0.5) is 0 Å². The molecule has 1 aliphatic heterocycles. The third kappa shape index (κ3) is 3.12. The van der Waals surface area contributed by atoms with Gasteiger partial charge in [0.1, 0.15) is 0 Å². The Labute approximate surface area is 180 Å². The Balaban J connectivity index is 1.62. The summed E-state index contributed by atoms with van der Waals surface area (Å²) in [5.74, 6) is -3.02. The number of aliphatic carboxylic acids is 1. The van der Waals surface area contributed by atoms with Crippen LogP contribution in [0.3, 0.4) is 0 Å². The fourth-order valence-corrected chi connectivity index (χ4v) is 4.45. The van der Waals surface area contributed by atoms with Crippen molar-refractivity contribution in [3.63, 3.8) is 0 Å². The highest BCUT2D eigenvalue weighted by Gasteiger charge is 2.53. The first-order valence-corrected chi connectivity index (χ1v) is 10.3. The summed E-state index contributed by atoms with van der Waals surface area (Å²) >= 11 is 0. The van der Waals surface area contributed by atoms with Gasteiger partial charge in [-0.05, 0) is 21.9 Å². The lowest BCUT2D eigenvalue weighted by Crippen LogP contribution is -2.54. The molecule has 1 fully saturated rings. The van der Waals surface area contributed by atoms with Gasteiger partial charge in [-0.1, -0.05) is 103 Å². The minimum absolute atomic E-state index is 0.177. The van der Waals surface area contributed by atoms with Crippen molar-refractivity contribution in [2.24, 2.45) is 0 Å². The van der Waals surface area contributed by atoms with Crippen molar-refractivity contribution in [1.29, 1.82) is 0 Å². The van der Waals surface area contributed by atoms with Crippen LogP contribution in [0.1, 0.15) is 16.7 Å². The monoisotopic (exact) mass is 410 g/mol. The maximum absolute atomic E-state index is 12.6. The van der Waals surface area contributed by atoms with Crippen molar-refractivity contribution in [1.82, 2.24) is 0 Å². The fourth-order valence-electron chi connectivity index (χ4n) is 4.45. The normalized spacial score (nSPS) is 17.3. The summed E-state index contributed by atoms with van der Waals surface area (Å²) in [6, 6.07) is 33.2. The van der Waals surface area contributed by atoms with Gasteiger partial charge in [0.25, 0.3) is 5.79 Å². The van der Waals surface area contributed by atoms with Crippen LogP contribution in [-0.2, 0) is 25.5 Å². The zero-order chi connectivity index (χ0) is 21.3. The van der Waals surface area contributed by atoms with E-state index in [-0.39, 0.29) is 13.2 Å². The molecule has 1 N–H and O–H groups in total. The number of carbonyl (C=O) groups is 1. The highest BCUT2D eigenvalue weighted by Crippen LogP contribution is 2.44. The van der Waals surface area contributed by atoms with Gasteiger partial charge < -0.3 is 14.6 Å². The van der Waals surface area contributed by atoms with E-state index >= 15 is 0 Å². The summed E-state index contributed by atoms with van der Waals surface area (Å²) in [7, 11) is 0. The Morgan fingerprint density at radius 1 is 0.677 bits per heavy atom. The molecular formula is C27H22O4. The van der Waals surface area contributed by atoms with Crippen LogP contribution in [0.25, 0.3) is 10.8 Å². The number of hydrogen-bond acceptors (Lipinski definition) is 3. The molecule has 0 radical (unpaired) electrons. The van der Waals surface area contributed by atoms with Gasteiger partial charge in [0, 0.05) is 5.56 Å². The highest BCUT2D eigenvalue weighted by molar-refractivity contribution is 5.91. The lowest BCUT2D eigenvalue weighted by molar-refractivity contribution is -0.287. The molecule has 0 aromatic heterocycles. The summed E-state index contributed by atoms with van der Waals surface area (Å²) < 4.78 is 12.4. The van der Waals surface area contributed by atoms with Crippen LogP contribution in [0.15, 0.2) is 103 Å². The number of fused-ring (bicyclic) bond motifs is 1. The minimum atomic E-state index is -1.87. The lowest BCUT2D eigenvalue weighted by atomic mass is 9.75. The molecule has 1 heterocycles. The molecule has 4 heteroatoms. The Morgan fingerprint density at radius 3 is 1.77 bits per heavy atom. The molecule has 154 valence electrons. The maximum Gasteiger partial charge on any atom is 0.369 e. The van der Waals surface area contributed by atoms with E-state index in [0.29, 0.717) is 5.56 Å². The largest absolute Gasteiger partial charge is 0.477 e. The third-order valence-electron chi connectivity index (χ3n) is 6.12. The molecule has 0 unspecified atom stereocenters.